The smallest absolute Gasteiger partial charge is 0.244 e. The lowest BCUT2D eigenvalue weighted by molar-refractivity contribution is 0.0195. The number of methoxy groups -OCH3 is 1. The number of aromatic nitrogens is 6. The van der Waals surface area contributed by atoms with Crippen molar-refractivity contribution in [2.45, 2.75) is 44.2 Å². The van der Waals surface area contributed by atoms with E-state index in [1.165, 1.54) is 10.9 Å². The number of ether oxygens (including phenoxy) is 1. The van der Waals surface area contributed by atoms with Crippen LogP contribution < -0.4 is 10.1 Å². The zero-order valence-electron chi connectivity index (χ0n) is 17.9. The standard InChI is InChI=1S/C22H24FN7O2/c1-22(31)8-5-15(6-9-22)24-21-25-20(32-2)19-16(7-11-30(19)27-21)14-3-4-17-18(13-14)29(12-10-23)28-26-17/h3-4,7,10-13,15,31H,5-6,8-9H2,1-2H3,(H,24,27)/b12-10+. The number of fused-ring (bicyclic) bond motifs is 2. The van der Waals surface area contributed by atoms with Crippen molar-refractivity contribution >= 4 is 28.7 Å². The highest BCUT2D eigenvalue weighted by Crippen LogP contribution is 2.34. The molecular weight excluding hydrogens is 413 g/mol. The summed E-state index contributed by atoms with van der Waals surface area (Å²) in [5.41, 5.74) is 3.23. The van der Waals surface area contributed by atoms with E-state index in [2.05, 4.69) is 25.7 Å². The Morgan fingerprint density at radius 3 is 2.84 bits per heavy atom. The second-order valence-corrected chi connectivity index (χ2v) is 8.40. The minimum atomic E-state index is -0.595. The Morgan fingerprint density at radius 1 is 1.28 bits per heavy atom. The number of benzene rings is 1. The second-order valence-electron chi connectivity index (χ2n) is 8.40. The van der Waals surface area contributed by atoms with Crippen molar-refractivity contribution in [1.82, 2.24) is 29.6 Å². The van der Waals surface area contributed by atoms with Crippen molar-refractivity contribution in [3.8, 4) is 17.0 Å². The molecule has 0 amide bonds. The van der Waals surface area contributed by atoms with Crippen molar-refractivity contribution in [2.75, 3.05) is 12.4 Å². The number of hydrogen-bond donors (Lipinski definition) is 2. The van der Waals surface area contributed by atoms with Crippen LogP contribution in [0.3, 0.4) is 0 Å². The number of anilines is 1. The van der Waals surface area contributed by atoms with E-state index in [-0.39, 0.29) is 6.04 Å². The molecule has 2 N–H and O–H groups in total. The quantitative estimate of drug-likeness (QED) is 0.491. The summed E-state index contributed by atoms with van der Waals surface area (Å²) in [4.78, 5) is 4.59. The van der Waals surface area contributed by atoms with E-state index in [1.54, 1.807) is 11.6 Å². The first kappa shape index (κ1) is 20.4. The zero-order chi connectivity index (χ0) is 22.3. The van der Waals surface area contributed by atoms with Gasteiger partial charge in [0.1, 0.15) is 17.4 Å². The topological polar surface area (TPSA) is 102 Å². The second kappa shape index (κ2) is 7.86. The van der Waals surface area contributed by atoms with Gasteiger partial charge in [0.25, 0.3) is 0 Å². The molecule has 1 aromatic carbocycles. The molecule has 3 heterocycles. The van der Waals surface area contributed by atoms with Crippen LogP contribution in [0.15, 0.2) is 36.8 Å². The lowest BCUT2D eigenvalue weighted by atomic mass is 9.84. The summed E-state index contributed by atoms with van der Waals surface area (Å²) in [5.74, 6) is 0.926. The summed E-state index contributed by atoms with van der Waals surface area (Å²) in [6, 6.07) is 7.80. The summed E-state index contributed by atoms with van der Waals surface area (Å²) in [5, 5.41) is 26.2. The molecule has 166 valence electrons. The minimum absolute atomic E-state index is 0.200. The zero-order valence-corrected chi connectivity index (χ0v) is 17.9. The third kappa shape index (κ3) is 3.66. The van der Waals surface area contributed by atoms with E-state index in [0.29, 0.717) is 29.2 Å². The van der Waals surface area contributed by atoms with Gasteiger partial charge >= 0.3 is 0 Å². The van der Waals surface area contributed by atoms with Crippen LogP contribution in [-0.2, 0) is 0 Å². The normalized spacial score (nSPS) is 21.6. The van der Waals surface area contributed by atoms with Crippen LogP contribution in [0.25, 0.3) is 33.9 Å². The van der Waals surface area contributed by atoms with E-state index < -0.39 is 5.60 Å². The van der Waals surface area contributed by atoms with Gasteiger partial charge in [0.15, 0.2) is 0 Å². The predicted octanol–water partition coefficient (Wildman–Crippen LogP) is 3.65. The summed E-state index contributed by atoms with van der Waals surface area (Å²) in [6.45, 7) is 1.88. The van der Waals surface area contributed by atoms with Gasteiger partial charge in [0, 0.05) is 17.8 Å². The number of halogens is 1. The molecule has 0 bridgehead atoms. The summed E-state index contributed by atoms with van der Waals surface area (Å²) >= 11 is 0. The summed E-state index contributed by atoms with van der Waals surface area (Å²) in [7, 11) is 1.58. The first-order valence-electron chi connectivity index (χ1n) is 10.5. The average Bonchev–Trinajstić information content (AvgIpc) is 3.39. The fourth-order valence-electron chi connectivity index (χ4n) is 4.26. The molecule has 5 rings (SSSR count). The molecule has 32 heavy (non-hydrogen) atoms. The molecule has 1 aliphatic rings. The van der Waals surface area contributed by atoms with Gasteiger partial charge in [-0.05, 0) is 56.4 Å². The lowest BCUT2D eigenvalue weighted by Gasteiger charge is -2.33. The van der Waals surface area contributed by atoms with Crippen molar-refractivity contribution in [2.24, 2.45) is 0 Å². The largest absolute Gasteiger partial charge is 0.479 e. The molecule has 0 spiro atoms. The van der Waals surface area contributed by atoms with Crippen LogP contribution in [0, 0.1) is 0 Å². The van der Waals surface area contributed by atoms with E-state index in [1.807, 2.05) is 37.4 Å². The highest BCUT2D eigenvalue weighted by atomic mass is 19.1. The van der Waals surface area contributed by atoms with Gasteiger partial charge < -0.3 is 15.2 Å². The fourth-order valence-corrected chi connectivity index (χ4v) is 4.26. The fraction of sp³-hybridized carbons (Fsp3) is 0.364. The minimum Gasteiger partial charge on any atom is -0.479 e. The average molecular weight is 437 g/mol. The van der Waals surface area contributed by atoms with Crippen LogP contribution in [0.4, 0.5) is 10.3 Å². The van der Waals surface area contributed by atoms with Crippen molar-refractivity contribution < 1.29 is 14.2 Å². The molecule has 9 nitrogen and oxygen atoms in total. The van der Waals surface area contributed by atoms with E-state index in [4.69, 9.17) is 4.74 Å². The van der Waals surface area contributed by atoms with E-state index in [0.717, 1.165) is 42.3 Å². The monoisotopic (exact) mass is 437 g/mol. The van der Waals surface area contributed by atoms with E-state index in [9.17, 15) is 9.50 Å². The van der Waals surface area contributed by atoms with Crippen LogP contribution in [0.1, 0.15) is 32.6 Å². The molecule has 1 fully saturated rings. The first-order valence-corrected chi connectivity index (χ1v) is 10.5. The van der Waals surface area contributed by atoms with Gasteiger partial charge in [-0.2, -0.15) is 4.98 Å². The summed E-state index contributed by atoms with van der Waals surface area (Å²) in [6.07, 6.45) is 6.67. The van der Waals surface area contributed by atoms with Crippen LogP contribution in [0.2, 0.25) is 0 Å². The first-order chi connectivity index (χ1) is 15.5. The molecule has 0 aliphatic heterocycles. The maximum atomic E-state index is 12.7. The lowest BCUT2D eigenvalue weighted by Crippen LogP contribution is -2.36. The molecule has 0 radical (unpaired) electrons. The van der Waals surface area contributed by atoms with E-state index >= 15 is 0 Å². The molecule has 0 unspecified atom stereocenters. The molecule has 3 aromatic heterocycles. The maximum absolute atomic E-state index is 12.7. The van der Waals surface area contributed by atoms with Gasteiger partial charge in [0.2, 0.25) is 11.8 Å². The van der Waals surface area contributed by atoms with Crippen molar-refractivity contribution in [1.29, 1.82) is 0 Å². The molecular formula is C22H24FN7O2. The van der Waals surface area contributed by atoms with Gasteiger partial charge in [-0.15, -0.1) is 10.2 Å². The Balaban J connectivity index is 1.51. The number of hydrogen-bond acceptors (Lipinski definition) is 7. The Bertz CT molecular complexity index is 1300. The Labute approximate surface area is 183 Å². The highest BCUT2D eigenvalue weighted by molar-refractivity contribution is 5.89. The third-order valence-corrected chi connectivity index (χ3v) is 6.05. The Morgan fingerprint density at radius 2 is 2.09 bits per heavy atom. The van der Waals surface area contributed by atoms with Gasteiger partial charge in [-0.3, -0.25) is 0 Å². The maximum Gasteiger partial charge on any atom is 0.244 e. The highest BCUT2D eigenvalue weighted by Gasteiger charge is 2.29. The third-order valence-electron chi connectivity index (χ3n) is 6.05. The van der Waals surface area contributed by atoms with Crippen LogP contribution >= 0.6 is 0 Å². The Hall–Kier alpha value is -3.53. The van der Waals surface area contributed by atoms with Gasteiger partial charge in [0.05, 0.1) is 24.4 Å². The van der Waals surface area contributed by atoms with Crippen LogP contribution in [0.5, 0.6) is 5.88 Å². The predicted molar refractivity (Wildman–Crippen MR) is 119 cm³/mol. The number of nitrogens with one attached hydrogen (secondary N) is 1. The van der Waals surface area contributed by atoms with Gasteiger partial charge in [-0.1, -0.05) is 11.3 Å². The molecule has 0 atom stereocenters. The molecule has 10 heteroatoms. The SMILES string of the molecule is COc1nc(NC2CCC(C)(O)CC2)nn2ccc(-c3ccc4nnn(/C=C/F)c4c3)c12. The summed E-state index contributed by atoms with van der Waals surface area (Å²) < 4.78 is 21.4. The van der Waals surface area contributed by atoms with Crippen molar-refractivity contribution in [3.63, 3.8) is 0 Å². The molecule has 1 aliphatic carbocycles. The van der Waals surface area contributed by atoms with Gasteiger partial charge in [-0.25, -0.2) is 13.6 Å². The number of rotatable bonds is 5. The molecule has 4 aromatic rings. The Kier molecular flexibility index (Phi) is 5.01. The van der Waals surface area contributed by atoms with Crippen LogP contribution in [-0.4, -0.2) is 53.5 Å². The van der Waals surface area contributed by atoms with Crippen molar-refractivity contribution in [3.05, 3.63) is 36.8 Å². The number of nitrogens with zero attached hydrogens (tertiary/aromatic N) is 6. The molecule has 0 saturated heterocycles. The number of aliphatic hydroxyl groups is 1. The molecule has 1 saturated carbocycles.